The zero-order chi connectivity index (χ0) is 51.5. The summed E-state index contributed by atoms with van der Waals surface area (Å²) in [4.78, 5) is 54.4. The molecule has 19 heteroatoms. The number of carbonyl (C=O) groups is 2. The van der Waals surface area contributed by atoms with Gasteiger partial charge in [0.25, 0.3) is 0 Å². The maximum absolute atomic E-state index is 13.0. The van der Waals surface area contributed by atoms with Crippen LogP contribution in [0.4, 0.5) is 0 Å². The summed E-state index contributed by atoms with van der Waals surface area (Å²) < 4.78 is 55.2. The lowest BCUT2D eigenvalue weighted by Gasteiger charge is -2.43. The molecule has 0 bridgehead atoms. The van der Waals surface area contributed by atoms with E-state index in [2.05, 4.69) is 91.3 Å². The molecule has 0 aromatic heterocycles. The van der Waals surface area contributed by atoms with E-state index < -0.39 is 83.5 Å². The Bertz CT molecular complexity index is 1740. The van der Waals surface area contributed by atoms with Crippen molar-refractivity contribution in [1.29, 1.82) is 0 Å². The second-order valence-electron chi connectivity index (χ2n) is 17.6. The maximum atomic E-state index is 13.0. The van der Waals surface area contributed by atoms with Crippen molar-refractivity contribution in [2.45, 2.75) is 210 Å². The highest BCUT2D eigenvalue weighted by Gasteiger charge is 2.54. The first kappa shape index (κ1) is 63.3. The predicted molar refractivity (Wildman–Crippen MR) is 268 cm³/mol. The van der Waals surface area contributed by atoms with Gasteiger partial charge in [-0.1, -0.05) is 131 Å². The van der Waals surface area contributed by atoms with Crippen LogP contribution in [0.1, 0.15) is 155 Å². The van der Waals surface area contributed by atoms with Gasteiger partial charge >= 0.3 is 27.6 Å². The molecule has 1 saturated heterocycles. The minimum Gasteiger partial charge on any atom is -0.462 e. The highest BCUT2D eigenvalue weighted by atomic mass is 31.2. The van der Waals surface area contributed by atoms with Crippen LogP contribution < -0.4 is 0 Å². The van der Waals surface area contributed by atoms with Gasteiger partial charge in [-0.3, -0.25) is 23.2 Å². The lowest BCUT2D eigenvalue weighted by molar-refractivity contribution is -0.216. The Balaban J connectivity index is 1.82. The van der Waals surface area contributed by atoms with Crippen LogP contribution in [-0.2, 0) is 46.5 Å². The van der Waals surface area contributed by atoms with Crippen molar-refractivity contribution in [2.24, 2.45) is 0 Å². The highest BCUT2D eigenvalue weighted by Crippen LogP contribution is 2.49. The zero-order valence-electron chi connectivity index (χ0n) is 41.4. The average Bonchev–Trinajstić information content (AvgIpc) is 4.08. The van der Waals surface area contributed by atoms with E-state index in [1.54, 1.807) is 0 Å². The molecule has 2 aliphatic rings. The monoisotopic (exact) mass is 1030 g/mol. The van der Waals surface area contributed by atoms with Crippen molar-refractivity contribution >= 4 is 27.6 Å². The Labute approximate surface area is 416 Å². The minimum atomic E-state index is -5.38. The van der Waals surface area contributed by atoms with Gasteiger partial charge in [0.2, 0.25) is 0 Å². The minimum absolute atomic E-state index is 0.0520. The number of rotatable bonds is 40. The standard InChI is InChI=1S/C51H84O17P2/c1-3-5-7-9-11-13-14-15-16-17-18-19-20-21-22-24-26-28-33-37-44(52)63-39-41(40-64-70(61,62)68-51-48(56)46(54)47(55)50(49(51)57)67-69(58,59)60)65-45(53)38-34-30-29-32-36-43-42(66-43)35-31-27-25-23-12-10-8-6-4-2/h11-13,15-16,18-19,21-23,27,29,31-32,41-43,46-51,54-57H,3-10,14,17,20,24-26,28,30,33-40H2,1-2H3,(H,61,62)(H2,58,59,60)/b13-11-,16-15-,19-18-,22-21-,23-12-,31-27-,32-29-/t41-,42?,43?,46?,47?,48?,49?,50-,51+/m1/s1. The zero-order valence-corrected chi connectivity index (χ0v) is 43.1. The number of esters is 2. The molecular weight excluding hydrogens is 946 g/mol. The average molecular weight is 1030 g/mol. The molecule has 0 aromatic rings. The van der Waals surface area contributed by atoms with Gasteiger partial charge in [0.1, 0.15) is 43.2 Å². The molecule has 0 radical (unpaired) electrons. The van der Waals surface area contributed by atoms with Crippen LogP contribution in [-0.4, -0.2) is 115 Å². The molecule has 0 amide bonds. The van der Waals surface area contributed by atoms with Crippen LogP contribution in [0.2, 0.25) is 0 Å². The molecule has 2 rings (SSSR count). The van der Waals surface area contributed by atoms with E-state index in [-0.39, 0.29) is 25.0 Å². The molecule has 1 aliphatic carbocycles. The molecule has 1 saturated carbocycles. The van der Waals surface area contributed by atoms with Gasteiger partial charge in [0.05, 0.1) is 18.8 Å². The summed E-state index contributed by atoms with van der Waals surface area (Å²) in [5, 5.41) is 41.3. The summed E-state index contributed by atoms with van der Waals surface area (Å²) in [5.74, 6) is -1.32. The largest absolute Gasteiger partial charge is 0.472 e. The number of aliphatic hydroxyl groups is 4. The summed E-state index contributed by atoms with van der Waals surface area (Å²) in [6.07, 6.45) is 34.1. The fraction of sp³-hybridized carbons (Fsp3) is 0.686. The van der Waals surface area contributed by atoms with Crippen LogP contribution in [0.5, 0.6) is 0 Å². The SMILES string of the molecule is CCCCC/C=C\C/C=C\C/C=C\C/C=C\CCCCCC(=O)OC[C@H](COP(=O)(O)O[C@H]1C(O)C(O)C(O)[C@@H](OP(=O)(O)O)C1O)OC(=O)CCC/C=C\CC1OC1C/C=C\C/C=C\CCCCC. The van der Waals surface area contributed by atoms with Crippen LogP contribution in [0, 0.1) is 0 Å². The summed E-state index contributed by atoms with van der Waals surface area (Å²) in [6.45, 7) is 2.97. The second kappa shape index (κ2) is 37.8. The lowest BCUT2D eigenvalue weighted by atomic mass is 9.85. The van der Waals surface area contributed by atoms with Crippen molar-refractivity contribution in [3.05, 3.63) is 85.1 Å². The highest BCUT2D eigenvalue weighted by molar-refractivity contribution is 7.47. The lowest BCUT2D eigenvalue weighted by Crippen LogP contribution is -2.64. The number of hydrogen-bond acceptors (Lipinski definition) is 14. The van der Waals surface area contributed by atoms with Gasteiger partial charge in [-0.05, 0) is 96.3 Å². The van der Waals surface area contributed by atoms with E-state index in [1.807, 2.05) is 12.2 Å². The third kappa shape index (κ3) is 30.9. The third-order valence-corrected chi connectivity index (χ3v) is 12.8. The number of unbranched alkanes of at least 4 members (excludes halogenated alkanes) is 10. The van der Waals surface area contributed by atoms with E-state index in [9.17, 15) is 53.8 Å². The third-order valence-electron chi connectivity index (χ3n) is 11.3. The smallest absolute Gasteiger partial charge is 0.462 e. The Morgan fingerprint density at radius 2 is 0.957 bits per heavy atom. The maximum Gasteiger partial charge on any atom is 0.472 e. The van der Waals surface area contributed by atoms with Crippen LogP contribution in [0.15, 0.2) is 85.1 Å². The molecular formula is C51H84O17P2. The molecule has 0 aromatic carbocycles. The molecule has 17 nitrogen and oxygen atoms in total. The van der Waals surface area contributed by atoms with Gasteiger partial charge in [-0.2, -0.15) is 0 Å². The Morgan fingerprint density at radius 3 is 1.49 bits per heavy atom. The second-order valence-corrected chi connectivity index (χ2v) is 20.2. The topological polar surface area (TPSA) is 269 Å². The van der Waals surface area contributed by atoms with Crippen LogP contribution in [0.25, 0.3) is 0 Å². The number of ether oxygens (including phenoxy) is 3. The first-order valence-electron chi connectivity index (χ1n) is 25.3. The van der Waals surface area contributed by atoms with Gasteiger partial charge in [0.15, 0.2) is 6.10 Å². The van der Waals surface area contributed by atoms with E-state index in [4.69, 9.17) is 23.3 Å². The Hall–Kier alpha value is -2.86. The first-order chi connectivity index (χ1) is 33.6. The van der Waals surface area contributed by atoms with E-state index >= 15 is 0 Å². The van der Waals surface area contributed by atoms with Gasteiger partial charge in [-0.15, -0.1) is 0 Å². The molecule has 0 spiro atoms. The van der Waals surface area contributed by atoms with Crippen LogP contribution in [0.3, 0.4) is 0 Å². The quantitative estimate of drug-likeness (QED) is 0.00991. The molecule has 2 fully saturated rings. The molecule has 400 valence electrons. The van der Waals surface area contributed by atoms with E-state index in [0.29, 0.717) is 19.3 Å². The fourth-order valence-corrected chi connectivity index (χ4v) is 8.82. The van der Waals surface area contributed by atoms with Gasteiger partial charge in [-0.25, -0.2) is 9.13 Å². The molecule has 7 unspecified atom stereocenters. The Morgan fingerprint density at radius 1 is 0.514 bits per heavy atom. The van der Waals surface area contributed by atoms with E-state index in [1.165, 1.54) is 38.5 Å². The van der Waals surface area contributed by atoms with Gasteiger partial charge < -0.3 is 49.3 Å². The number of epoxide rings is 1. The molecule has 1 aliphatic heterocycles. The van der Waals surface area contributed by atoms with Crippen molar-refractivity contribution in [2.75, 3.05) is 13.2 Å². The normalized spacial score (nSPS) is 24.6. The number of phosphoric acid groups is 2. The Kier molecular flexibility index (Phi) is 34.2. The molecule has 1 heterocycles. The number of carbonyl (C=O) groups excluding carboxylic acids is 2. The van der Waals surface area contributed by atoms with Crippen molar-refractivity contribution in [3.63, 3.8) is 0 Å². The predicted octanol–water partition coefficient (Wildman–Crippen LogP) is 9.16. The van der Waals surface area contributed by atoms with Crippen LogP contribution >= 0.6 is 15.6 Å². The summed E-state index contributed by atoms with van der Waals surface area (Å²) in [7, 11) is -10.7. The summed E-state index contributed by atoms with van der Waals surface area (Å²) in [6, 6.07) is 0. The van der Waals surface area contributed by atoms with Crippen molar-refractivity contribution in [3.8, 4) is 0 Å². The molecule has 7 N–H and O–H groups in total. The summed E-state index contributed by atoms with van der Waals surface area (Å²) >= 11 is 0. The van der Waals surface area contributed by atoms with E-state index in [0.717, 1.165) is 70.6 Å². The number of phosphoric ester groups is 2. The molecule has 70 heavy (non-hydrogen) atoms. The summed E-state index contributed by atoms with van der Waals surface area (Å²) in [5.41, 5.74) is 0. The fourth-order valence-electron chi connectivity index (χ4n) is 7.28. The number of hydrogen-bond donors (Lipinski definition) is 7. The first-order valence-corrected chi connectivity index (χ1v) is 28.3. The number of aliphatic hydroxyl groups excluding tert-OH is 4. The van der Waals surface area contributed by atoms with Gasteiger partial charge in [0, 0.05) is 12.8 Å². The number of allylic oxidation sites excluding steroid dienone is 12. The van der Waals surface area contributed by atoms with Crippen molar-refractivity contribution in [1.82, 2.24) is 0 Å². The molecule has 10 atom stereocenters. The van der Waals surface area contributed by atoms with Crippen molar-refractivity contribution < 1.29 is 81.6 Å².